The van der Waals surface area contributed by atoms with Crippen molar-refractivity contribution >= 4 is 21.6 Å². The van der Waals surface area contributed by atoms with Gasteiger partial charge in [-0.15, -0.1) is 0 Å². The van der Waals surface area contributed by atoms with Crippen molar-refractivity contribution in [1.29, 1.82) is 0 Å². The molecule has 0 bridgehead atoms. The number of hydrogen-bond acceptors (Lipinski definition) is 4. The molecule has 1 aromatic carbocycles. The topological polar surface area (TPSA) is 75.7 Å². The zero-order valence-corrected chi connectivity index (χ0v) is 14.7. The number of nitrogens with one attached hydrogen (secondary N) is 1. The van der Waals surface area contributed by atoms with E-state index in [-0.39, 0.29) is 17.6 Å². The third-order valence-corrected chi connectivity index (χ3v) is 5.93. The summed E-state index contributed by atoms with van der Waals surface area (Å²) in [5.74, 6) is 0.508. The number of piperidine rings is 1. The number of rotatable bonds is 7. The smallest absolute Gasteiger partial charge is 0.227 e. The van der Waals surface area contributed by atoms with Crippen LogP contribution in [0.5, 0.6) is 5.75 Å². The van der Waals surface area contributed by atoms with E-state index in [1.807, 2.05) is 12.1 Å². The van der Waals surface area contributed by atoms with Crippen molar-refractivity contribution < 1.29 is 17.9 Å². The van der Waals surface area contributed by atoms with E-state index in [1.165, 1.54) is 4.31 Å². The van der Waals surface area contributed by atoms with Gasteiger partial charge in [-0.25, -0.2) is 12.7 Å². The fourth-order valence-electron chi connectivity index (χ4n) is 2.64. The van der Waals surface area contributed by atoms with E-state index in [0.29, 0.717) is 44.0 Å². The van der Waals surface area contributed by atoms with E-state index in [2.05, 4.69) is 11.9 Å². The van der Waals surface area contributed by atoms with Gasteiger partial charge in [-0.1, -0.05) is 18.7 Å². The predicted molar refractivity (Wildman–Crippen MR) is 94.5 cm³/mol. The molecule has 1 fully saturated rings. The Balaban J connectivity index is 1.91. The summed E-state index contributed by atoms with van der Waals surface area (Å²) in [4.78, 5) is 12.4. The summed E-state index contributed by atoms with van der Waals surface area (Å²) in [6, 6.07) is 7.19. The molecule has 132 valence electrons. The number of nitrogens with zero attached hydrogens (tertiary/aromatic N) is 1. The van der Waals surface area contributed by atoms with Crippen LogP contribution in [0.25, 0.3) is 0 Å². The lowest BCUT2D eigenvalue weighted by Crippen LogP contribution is -2.42. The van der Waals surface area contributed by atoms with Crippen molar-refractivity contribution in [3.63, 3.8) is 0 Å². The molecule has 1 saturated heterocycles. The fraction of sp³-hybridized carbons (Fsp3) is 0.471. The first-order valence-corrected chi connectivity index (χ1v) is 9.69. The van der Waals surface area contributed by atoms with Gasteiger partial charge in [0.05, 0.1) is 5.75 Å². The number of carbonyl (C=O) groups excluding carboxylic acids is 1. The zero-order chi connectivity index (χ0) is 17.6. The second-order valence-electron chi connectivity index (χ2n) is 5.69. The Labute approximate surface area is 143 Å². The molecule has 1 aromatic rings. The quantitative estimate of drug-likeness (QED) is 0.764. The van der Waals surface area contributed by atoms with Gasteiger partial charge in [-0.3, -0.25) is 4.79 Å². The van der Waals surface area contributed by atoms with Gasteiger partial charge >= 0.3 is 0 Å². The van der Waals surface area contributed by atoms with Crippen molar-refractivity contribution in [2.75, 3.05) is 30.8 Å². The van der Waals surface area contributed by atoms with Crippen LogP contribution in [0.1, 0.15) is 19.8 Å². The first-order valence-electron chi connectivity index (χ1n) is 8.08. The molecule has 1 aliphatic heterocycles. The lowest BCUT2D eigenvalue weighted by Gasteiger charge is -2.30. The molecular weight excluding hydrogens is 328 g/mol. The average Bonchev–Trinajstić information content (AvgIpc) is 2.60. The second-order valence-corrected chi connectivity index (χ2v) is 7.95. The number of carbonyl (C=O) groups is 1. The van der Waals surface area contributed by atoms with Crippen molar-refractivity contribution in [3.05, 3.63) is 36.9 Å². The largest absolute Gasteiger partial charge is 0.489 e. The summed E-state index contributed by atoms with van der Waals surface area (Å²) < 4.78 is 30.6. The molecule has 1 amide bonds. The molecule has 7 heteroatoms. The maximum Gasteiger partial charge on any atom is 0.227 e. The highest BCUT2D eigenvalue weighted by atomic mass is 32.2. The van der Waals surface area contributed by atoms with Gasteiger partial charge in [0, 0.05) is 30.8 Å². The third-order valence-electron chi connectivity index (χ3n) is 4.05. The fourth-order valence-corrected chi connectivity index (χ4v) is 3.77. The second kappa shape index (κ2) is 8.30. The summed E-state index contributed by atoms with van der Waals surface area (Å²) in [5, 5.41) is 2.88. The maximum atomic E-state index is 12.4. The zero-order valence-electron chi connectivity index (χ0n) is 13.9. The van der Waals surface area contributed by atoms with Gasteiger partial charge in [-0.05, 0) is 31.9 Å². The van der Waals surface area contributed by atoms with Gasteiger partial charge in [-0.2, -0.15) is 0 Å². The number of ether oxygens (including phenoxy) is 1. The number of benzene rings is 1. The molecule has 0 unspecified atom stereocenters. The lowest BCUT2D eigenvalue weighted by molar-refractivity contribution is -0.120. The molecule has 24 heavy (non-hydrogen) atoms. The van der Waals surface area contributed by atoms with Crippen LogP contribution in [-0.2, 0) is 14.8 Å². The molecule has 0 aromatic heterocycles. The first-order chi connectivity index (χ1) is 11.5. The highest BCUT2D eigenvalue weighted by Gasteiger charge is 2.30. The Hall–Kier alpha value is -1.86. The lowest BCUT2D eigenvalue weighted by atomic mass is 9.97. The van der Waals surface area contributed by atoms with Crippen LogP contribution in [0, 0.1) is 5.92 Å². The van der Waals surface area contributed by atoms with E-state index < -0.39 is 10.0 Å². The van der Waals surface area contributed by atoms with Crippen LogP contribution in [0.4, 0.5) is 5.69 Å². The molecule has 1 heterocycles. The standard InChI is InChI=1S/C17H24N2O4S/c1-3-12-23-16-7-5-6-15(13-16)18-17(20)14-8-10-19(11-9-14)24(21,22)4-2/h3,5-7,13-14H,1,4,8-12H2,2H3,(H,18,20). The summed E-state index contributed by atoms with van der Waals surface area (Å²) in [6.07, 6.45) is 2.73. The summed E-state index contributed by atoms with van der Waals surface area (Å²) in [5.41, 5.74) is 0.671. The Kier molecular flexibility index (Phi) is 6.39. The maximum absolute atomic E-state index is 12.4. The van der Waals surface area contributed by atoms with Crippen molar-refractivity contribution in [2.45, 2.75) is 19.8 Å². The number of hydrogen-bond donors (Lipinski definition) is 1. The molecule has 1 N–H and O–H groups in total. The van der Waals surface area contributed by atoms with Crippen LogP contribution in [0.15, 0.2) is 36.9 Å². The van der Waals surface area contributed by atoms with Crippen LogP contribution in [0.3, 0.4) is 0 Å². The minimum atomic E-state index is -3.17. The van der Waals surface area contributed by atoms with Gasteiger partial charge in [0.1, 0.15) is 12.4 Å². The Morgan fingerprint density at radius 2 is 2.12 bits per heavy atom. The van der Waals surface area contributed by atoms with E-state index in [4.69, 9.17) is 4.74 Å². The Morgan fingerprint density at radius 3 is 2.75 bits per heavy atom. The SMILES string of the molecule is C=CCOc1cccc(NC(=O)C2CCN(S(=O)(=O)CC)CC2)c1. The van der Waals surface area contributed by atoms with Crippen LogP contribution in [0.2, 0.25) is 0 Å². The monoisotopic (exact) mass is 352 g/mol. The van der Waals surface area contributed by atoms with Crippen molar-refractivity contribution in [1.82, 2.24) is 4.31 Å². The first kappa shape index (κ1) is 18.5. The van der Waals surface area contributed by atoms with Crippen LogP contribution >= 0.6 is 0 Å². The molecule has 6 nitrogen and oxygen atoms in total. The van der Waals surface area contributed by atoms with E-state index in [0.717, 1.165) is 0 Å². The molecule has 0 aliphatic carbocycles. The number of sulfonamides is 1. The number of amides is 1. The molecule has 2 rings (SSSR count). The third kappa shape index (κ3) is 4.82. The summed E-state index contributed by atoms with van der Waals surface area (Å²) in [6.45, 7) is 6.43. The Morgan fingerprint density at radius 1 is 1.42 bits per heavy atom. The van der Waals surface area contributed by atoms with Gasteiger partial charge in [0.2, 0.25) is 15.9 Å². The highest BCUT2D eigenvalue weighted by Crippen LogP contribution is 2.23. The van der Waals surface area contributed by atoms with Crippen molar-refractivity contribution in [3.8, 4) is 5.75 Å². The van der Waals surface area contributed by atoms with Crippen LogP contribution < -0.4 is 10.1 Å². The molecular formula is C17H24N2O4S. The molecule has 0 atom stereocenters. The Bertz CT molecular complexity index is 680. The highest BCUT2D eigenvalue weighted by molar-refractivity contribution is 7.89. The minimum Gasteiger partial charge on any atom is -0.489 e. The summed E-state index contributed by atoms with van der Waals surface area (Å²) >= 11 is 0. The van der Waals surface area contributed by atoms with E-state index in [1.54, 1.807) is 25.1 Å². The normalized spacial score (nSPS) is 16.5. The minimum absolute atomic E-state index is 0.0792. The molecule has 0 radical (unpaired) electrons. The molecule has 0 spiro atoms. The van der Waals surface area contributed by atoms with Gasteiger partial charge in [0.25, 0.3) is 0 Å². The summed E-state index contributed by atoms with van der Waals surface area (Å²) in [7, 11) is -3.17. The predicted octanol–water partition coefficient (Wildman–Crippen LogP) is 2.25. The molecule has 0 saturated carbocycles. The van der Waals surface area contributed by atoms with Crippen LogP contribution in [-0.4, -0.2) is 44.1 Å². The van der Waals surface area contributed by atoms with Gasteiger partial charge in [0.15, 0.2) is 0 Å². The number of anilines is 1. The van der Waals surface area contributed by atoms with E-state index >= 15 is 0 Å². The average molecular weight is 352 g/mol. The molecule has 1 aliphatic rings. The van der Waals surface area contributed by atoms with Crippen molar-refractivity contribution in [2.24, 2.45) is 5.92 Å². The van der Waals surface area contributed by atoms with E-state index in [9.17, 15) is 13.2 Å². The van der Waals surface area contributed by atoms with Gasteiger partial charge < -0.3 is 10.1 Å².